The molecule has 7 heteroatoms. The highest BCUT2D eigenvalue weighted by Crippen LogP contribution is 2.41. The van der Waals surface area contributed by atoms with Gasteiger partial charge in [-0.2, -0.15) is 0 Å². The number of carbonyl (C=O) groups excluding carboxylic acids is 2. The third kappa shape index (κ3) is 2.88. The highest BCUT2D eigenvalue weighted by Gasteiger charge is 2.42. The lowest BCUT2D eigenvalue weighted by Gasteiger charge is -2.17. The van der Waals surface area contributed by atoms with Crippen molar-refractivity contribution >= 4 is 33.1 Å². The van der Waals surface area contributed by atoms with Crippen LogP contribution in [0.2, 0.25) is 0 Å². The average molecular weight is 372 g/mol. The number of rotatable bonds is 4. The number of fused-ring (bicyclic) bond motifs is 1. The standard InChI is InChI=1S/C19H20N2O4S/c1-12(22)13-6-5-7-14(10-13)20-26(24,25)15-8-9-17-16(11-15)19(2,3)18(23)21(17)4/h5-11,20H,1-4H3. The molecular formula is C19H20N2O4S. The van der Waals surface area contributed by atoms with E-state index in [1.807, 2.05) is 0 Å². The summed E-state index contributed by atoms with van der Waals surface area (Å²) in [6.07, 6.45) is 0. The summed E-state index contributed by atoms with van der Waals surface area (Å²) in [5.41, 5.74) is 1.32. The number of ketones is 1. The van der Waals surface area contributed by atoms with Crippen LogP contribution >= 0.6 is 0 Å². The van der Waals surface area contributed by atoms with Crippen LogP contribution in [0.25, 0.3) is 0 Å². The van der Waals surface area contributed by atoms with Gasteiger partial charge < -0.3 is 4.90 Å². The number of benzene rings is 2. The minimum atomic E-state index is -3.85. The first-order chi connectivity index (χ1) is 12.0. The number of sulfonamides is 1. The molecule has 3 rings (SSSR count). The van der Waals surface area contributed by atoms with E-state index in [0.29, 0.717) is 22.5 Å². The molecule has 2 aromatic carbocycles. The minimum Gasteiger partial charge on any atom is -0.314 e. The van der Waals surface area contributed by atoms with Gasteiger partial charge in [0.2, 0.25) is 5.91 Å². The summed E-state index contributed by atoms with van der Waals surface area (Å²) in [6, 6.07) is 11.0. The normalized spacial score (nSPS) is 15.7. The molecule has 6 nitrogen and oxygen atoms in total. The maximum atomic E-state index is 12.8. The lowest BCUT2D eigenvalue weighted by atomic mass is 9.86. The summed E-state index contributed by atoms with van der Waals surface area (Å²) in [4.78, 5) is 25.5. The molecule has 1 heterocycles. The summed E-state index contributed by atoms with van der Waals surface area (Å²) >= 11 is 0. The van der Waals surface area contributed by atoms with Crippen LogP contribution in [0.1, 0.15) is 36.7 Å². The monoisotopic (exact) mass is 372 g/mol. The molecule has 2 aromatic rings. The lowest BCUT2D eigenvalue weighted by Crippen LogP contribution is -2.33. The number of hydrogen-bond acceptors (Lipinski definition) is 4. The Morgan fingerprint density at radius 2 is 1.81 bits per heavy atom. The van der Waals surface area contributed by atoms with Gasteiger partial charge in [0.05, 0.1) is 10.3 Å². The quantitative estimate of drug-likeness (QED) is 0.837. The molecule has 0 atom stereocenters. The molecule has 1 N–H and O–H groups in total. The molecule has 0 aliphatic carbocycles. The van der Waals surface area contributed by atoms with Crippen molar-refractivity contribution in [3.05, 3.63) is 53.6 Å². The second-order valence-corrected chi connectivity index (χ2v) is 8.59. The van der Waals surface area contributed by atoms with Gasteiger partial charge in [0.15, 0.2) is 5.78 Å². The Morgan fingerprint density at radius 3 is 2.46 bits per heavy atom. The van der Waals surface area contributed by atoms with Crippen LogP contribution in [0, 0.1) is 0 Å². The molecule has 1 amide bonds. The molecule has 0 fully saturated rings. The van der Waals surface area contributed by atoms with E-state index >= 15 is 0 Å². The lowest BCUT2D eigenvalue weighted by molar-refractivity contribution is -0.121. The van der Waals surface area contributed by atoms with Crippen LogP contribution in [-0.2, 0) is 20.2 Å². The molecule has 0 unspecified atom stereocenters. The third-order valence-corrected chi connectivity index (χ3v) is 6.05. The Labute approximate surface area is 152 Å². The fourth-order valence-electron chi connectivity index (χ4n) is 3.14. The molecule has 0 saturated heterocycles. The van der Waals surface area contributed by atoms with Gasteiger partial charge in [0, 0.05) is 24.0 Å². The van der Waals surface area contributed by atoms with Crippen LogP contribution in [0.5, 0.6) is 0 Å². The molecule has 0 aromatic heterocycles. The van der Waals surface area contributed by atoms with Crippen molar-refractivity contribution in [2.45, 2.75) is 31.1 Å². The molecule has 26 heavy (non-hydrogen) atoms. The molecule has 1 aliphatic rings. The van der Waals surface area contributed by atoms with Gasteiger partial charge in [-0.05, 0) is 56.7 Å². The smallest absolute Gasteiger partial charge is 0.261 e. The van der Waals surface area contributed by atoms with Gasteiger partial charge in [-0.25, -0.2) is 8.42 Å². The number of amides is 1. The van der Waals surface area contributed by atoms with Crippen LogP contribution in [0.4, 0.5) is 11.4 Å². The maximum Gasteiger partial charge on any atom is 0.261 e. The van der Waals surface area contributed by atoms with Crippen molar-refractivity contribution < 1.29 is 18.0 Å². The zero-order valence-electron chi connectivity index (χ0n) is 15.0. The maximum absolute atomic E-state index is 12.8. The predicted molar refractivity (Wildman–Crippen MR) is 100 cm³/mol. The molecule has 1 aliphatic heterocycles. The zero-order chi connectivity index (χ0) is 19.3. The van der Waals surface area contributed by atoms with Crippen molar-refractivity contribution in [1.29, 1.82) is 0 Å². The van der Waals surface area contributed by atoms with Gasteiger partial charge >= 0.3 is 0 Å². The average Bonchev–Trinajstić information content (AvgIpc) is 2.75. The number of Topliss-reactive ketones (excluding diaryl/α,β-unsaturated/α-hetero) is 1. The second-order valence-electron chi connectivity index (χ2n) is 6.91. The van der Waals surface area contributed by atoms with Crippen LogP contribution in [0.15, 0.2) is 47.4 Å². The van der Waals surface area contributed by atoms with Crippen molar-refractivity contribution in [3.8, 4) is 0 Å². The van der Waals surface area contributed by atoms with Crippen LogP contribution in [-0.4, -0.2) is 27.2 Å². The van der Waals surface area contributed by atoms with E-state index in [0.717, 1.165) is 0 Å². The van der Waals surface area contributed by atoms with Gasteiger partial charge in [0.25, 0.3) is 10.0 Å². The van der Waals surface area contributed by atoms with Crippen LogP contribution < -0.4 is 9.62 Å². The fourth-order valence-corrected chi connectivity index (χ4v) is 4.21. The highest BCUT2D eigenvalue weighted by atomic mass is 32.2. The summed E-state index contributed by atoms with van der Waals surface area (Å²) in [7, 11) is -2.18. The van der Waals surface area contributed by atoms with Crippen LogP contribution in [0.3, 0.4) is 0 Å². The molecule has 0 radical (unpaired) electrons. The number of hydrogen-bond donors (Lipinski definition) is 1. The Kier molecular flexibility index (Phi) is 4.15. The molecule has 0 saturated carbocycles. The number of anilines is 2. The van der Waals surface area contributed by atoms with E-state index in [4.69, 9.17) is 0 Å². The van der Waals surface area contributed by atoms with Crippen molar-refractivity contribution in [3.63, 3.8) is 0 Å². The minimum absolute atomic E-state index is 0.0700. The molecular weight excluding hydrogens is 352 g/mol. The van der Waals surface area contributed by atoms with E-state index < -0.39 is 15.4 Å². The largest absolute Gasteiger partial charge is 0.314 e. The Bertz CT molecular complexity index is 1030. The summed E-state index contributed by atoms with van der Waals surface area (Å²) in [5, 5.41) is 0. The Balaban J connectivity index is 2.00. The van der Waals surface area contributed by atoms with E-state index in [2.05, 4.69) is 4.72 Å². The zero-order valence-corrected chi connectivity index (χ0v) is 15.8. The summed E-state index contributed by atoms with van der Waals surface area (Å²) in [6.45, 7) is 4.97. The Hall–Kier alpha value is -2.67. The Morgan fingerprint density at radius 1 is 1.12 bits per heavy atom. The second kappa shape index (κ2) is 5.95. The number of likely N-dealkylation sites (N-methyl/N-ethyl adjacent to an activating group) is 1. The van der Waals surface area contributed by atoms with E-state index in [1.54, 1.807) is 45.2 Å². The number of nitrogens with one attached hydrogen (secondary N) is 1. The van der Waals surface area contributed by atoms with Gasteiger partial charge in [-0.1, -0.05) is 12.1 Å². The van der Waals surface area contributed by atoms with Crippen molar-refractivity contribution in [2.75, 3.05) is 16.7 Å². The first kappa shape index (κ1) is 18.1. The van der Waals surface area contributed by atoms with Crippen molar-refractivity contribution in [2.24, 2.45) is 0 Å². The van der Waals surface area contributed by atoms with E-state index in [9.17, 15) is 18.0 Å². The number of nitrogens with zero attached hydrogens (tertiary/aromatic N) is 1. The SMILES string of the molecule is CC(=O)c1cccc(NS(=O)(=O)c2ccc3c(c2)C(C)(C)C(=O)N3C)c1. The van der Waals surface area contributed by atoms with Crippen molar-refractivity contribution in [1.82, 2.24) is 0 Å². The first-order valence-electron chi connectivity index (χ1n) is 8.10. The topological polar surface area (TPSA) is 83.5 Å². The molecule has 136 valence electrons. The number of carbonyl (C=O) groups is 2. The third-order valence-electron chi connectivity index (χ3n) is 4.67. The van der Waals surface area contributed by atoms with Gasteiger partial charge in [0.1, 0.15) is 0 Å². The van der Waals surface area contributed by atoms with E-state index in [1.165, 1.54) is 30.0 Å². The predicted octanol–water partition coefficient (Wildman–Crippen LogP) is 2.94. The first-order valence-corrected chi connectivity index (χ1v) is 9.59. The fraction of sp³-hybridized carbons (Fsp3) is 0.263. The summed E-state index contributed by atoms with van der Waals surface area (Å²) < 4.78 is 28.0. The van der Waals surface area contributed by atoms with Gasteiger partial charge in [-0.15, -0.1) is 0 Å². The van der Waals surface area contributed by atoms with E-state index in [-0.39, 0.29) is 16.6 Å². The summed E-state index contributed by atoms with van der Waals surface area (Å²) in [5.74, 6) is -0.226. The highest BCUT2D eigenvalue weighted by molar-refractivity contribution is 7.92. The molecule has 0 spiro atoms. The molecule has 0 bridgehead atoms. The van der Waals surface area contributed by atoms with Gasteiger partial charge in [-0.3, -0.25) is 14.3 Å².